The smallest absolute Gasteiger partial charge is 0.269 e. The van der Waals surface area contributed by atoms with E-state index >= 15 is 0 Å². The van der Waals surface area contributed by atoms with Crippen molar-refractivity contribution in [1.82, 2.24) is 4.98 Å². The van der Waals surface area contributed by atoms with Crippen LogP contribution >= 0.6 is 0 Å². The lowest BCUT2D eigenvalue weighted by Crippen LogP contribution is -2.04. The summed E-state index contributed by atoms with van der Waals surface area (Å²) < 4.78 is 11.5. The van der Waals surface area contributed by atoms with Gasteiger partial charge in [0.05, 0.1) is 12.0 Å². The fraction of sp³-hybridized carbons (Fsp3) is 0.111. The van der Waals surface area contributed by atoms with E-state index in [0.29, 0.717) is 22.8 Å². The van der Waals surface area contributed by atoms with Crippen molar-refractivity contribution in [1.29, 1.82) is 5.26 Å². The molecule has 0 unspecified atom stereocenters. The Labute approximate surface area is 202 Å². The summed E-state index contributed by atoms with van der Waals surface area (Å²) in [6.07, 6.45) is 0. The number of ether oxygens (including phenoxy) is 2. The average Bonchev–Trinajstić information content (AvgIpc) is 2.87. The zero-order valence-corrected chi connectivity index (χ0v) is 19.2. The molecule has 1 aromatic heterocycles. The number of rotatable bonds is 7. The summed E-state index contributed by atoms with van der Waals surface area (Å²) in [5.41, 5.74) is 11.1. The summed E-state index contributed by atoms with van der Waals surface area (Å²) in [5, 5.41) is 20.8. The van der Waals surface area contributed by atoms with Gasteiger partial charge in [-0.05, 0) is 47.9 Å². The van der Waals surface area contributed by atoms with E-state index in [0.717, 1.165) is 22.3 Å². The topological polar surface area (TPSA) is 124 Å². The van der Waals surface area contributed by atoms with Crippen LogP contribution < -0.4 is 15.2 Å². The maximum absolute atomic E-state index is 10.9. The van der Waals surface area contributed by atoms with Gasteiger partial charge in [-0.25, -0.2) is 4.98 Å². The Kier molecular flexibility index (Phi) is 6.60. The van der Waals surface area contributed by atoms with Crippen molar-refractivity contribution in [2.45, 2.75) is 13.5 Å². The molecule has 2 N–H and O–H groups in total. The molecule has 0 atom stereocenters. The van der Waals surface area contributed by atoms with E-state index in [9.17, 15) is 15.4 Å². The summed E-state index contributed by atoms with van der Waals surface area (Å²) in [5.74, 6) is 1.13. The summed E-state index contributed by atoms with van der Waals surface area (Å²) in [6, 6.07) is 23.5. The molecule has 8 nitrogen and oxygen atoms in total. The third kappa shape index (κ3) is 4.75. The Morgan fingerprint density at radius 1 is 1.00 bits per heavy atom. The highest BCUT2D eigenvalue weighted by molar-refractivity contribution is 5.91. The number of aryl methyl sites for hydroxylation is 1. The minimum absolute atomic E-state index is 0.0186. The molecule has 0 aliphatic carbocycles. The molecule has 1 heterocycles. The van der Waals surface area contributed by atoms with Crippen molar-refractivity contribution in [2.75, 3.05) is 12.8 Å². The summed E-state index contributed by atoms with van der Waals surface area (Å²) in [4.78, 5) is 14.8. The van der Waals surface area contributed by atoms with Gasteiger partial charge in [0.15, 0.2) is 11.5 Å². The lowest BCUT2D eigenvalue weighted by Gasteiger charge is -2.18. The van der Waals surface area contributed by atoms with E-state index < -0.39 is 4.92 Å². The van der Waals surface area contributed by atoms with Crippen molar-refractivity contribution in [3.63, 3.8) is 0 Å². The number of nitrogens with two attached hydrogens (primary N) is 1. The Morgan fingerprint density at radius 3 is 2.34 bits per heavy atom. The maximum Gasteiger partial charge on any atom is 0.269 e. The van der Waals surface area contributed by atoms with Crippen LogP contribution in [0.25, 0.3) is 22.3 Å². The zero-order chi connectivity index (χ0) is 24.9. The van der Waals surface area contributed by atoms with Crippen molar-refractivity contribution < 1.29 is 14.4 Å². The normalized spacial score (nSPS) is 10.4. The van der Waals surface area contributed by atoms with Gasteiger partial charge in [-0.3, -0.25) is 10.1 Å². The number of anilines is 1. The van der Waals surface area contributed by atoms with Crippen LogP contribution in [0.4, 0.5) is 11.5 Å². The molecule has 4 rings (SSSR count). The van der Waals surface area contributed by atoms with Crippen LogP contribution in [0.5, 0.6) is 11.5 Å². The van der Waals surface area contributed by atoms with Gasteiger partial charge in [0.25, 0.3) is 5.69 Å². The number of nitrogen functional groups attached to an aromatic ring is 1. The molecule has 0 aliphatic heterocycles. The molecule has 0 aliphatic rings. The summed E-state index contributed by atoms with van der Waals surface area (Å²) in [7, 11) is 1.54. The SMILES string of the molecule is COc1cc(-c2c(C#N)c(N)nc(C)c2-c2ccccc2)ccc1OCc1ccc([N+](=O)[O-])cc1. The average molecular weight is 466 g/mol. The first-order chi connectivity index (χ1) is 16.9. The van der Waals surface area contributed by atoms with E-state index in [-0.39, 0.29) is 23.7 Å². The van der Waals surface area contributed by atoms with Crippen LogP contribution in [-0.2, 0) is 6.61 Å². The molecule has 0 fully saturated rings. The number of pyridine rings is 1. The van der Waals surface area contributed by atoms with Crippen LogP contribution in [0.15, 0.2) is 72.8 Å². The molecule has 0 bridgehead atoms. The van der Waals surface area contributed by atoms with Crippen LogP contribution in [0.1, 0.15) is 16.8 Å². The first-order valence-electron chi connectivity index (χ1n) is 10.7. The Hall–Kier alpha value is -4.90. The van der Waals surface area contributed by atoms with E-state index in [4.69, 9.17) is 15.2 Å². The number of non-ortho nitro benzene ring substituents is 1. The van der Waals surface area contributed by atoms with Gasteiger partial charge in [0.2, 0.25) is 0 Å². The van der Waals surface area contributed by atoms with Gasteiger partial charge in [0, 0.05) is 29.0 Å². The molecule has 35 heavy (non-hydrogen) atoms. The molecule has 0 radical (unpaired) electrons. The first kappa shape index (κ1) is 23.3. The number of nitrogens with zero attached hydrogens (tertiary/aromatic N) is 3. The number of hydrogen-bond acceptors (Lipinski definition) is 7. The van der Waals surface area contributed by atoms with Crippen LogP contribution in [0.2, 0.25) is 0 Å². The molecule has 0 saturated heterocycles. The van der Waals surface area contributed by atoms with Gasteiger partial charge < -0.3 is 15.2 Å². The minimum atomic E-state index is -0.445. The lowest BCUT2D eigenvalue weighted by molar-refractivity contribution is -0.384. The molecular formula is C27H22N4O4. The summed E-state index contributed by atoms with van der Waals surface area (Å²) in [6.45, 7) is 2.07. The number of hydrogen-bond donors (Lipinski definition) is 1. The maximum atomic E-state index is 10.9. The Morgan fingerprint density at radius 2 is 1.71 bits per heavy atom. The fourth-order valence-electron chi connectivity index (χ4n) is 3.90. The second-order valence-corrected chi connectivity index (χ2v) is 7.76. The molecule has 4 aromatic rings. The first-order valence-corrected chi connectivity index (χ1v) is 10.7. The van der Waals surface area contributed by atoms with Crippen molar-refractivity contribution in [3.8, 4) is 39.8 Å². The Bertz CT molecular complexity index is 1430. The number of nitriles is 1. The van der Waals surface area contributed by atoms with E-state index in [2.05, 4.69) is 11.1 Å². The number of nitro groups is 1. The summed E-state index contributed by atoms with van der Waals surface area (Å²) >= 11 is 0. The highest BCUT2D eigenvalue weighted by Crippen LogP contribution is 2.41. The fourth-order valence-corrected chi connectivity index (χ4v) is 3.90. The number of aromatic nitrogens is 1. The largest absolute Gasteiger partial charge is 0.493 e. The van der Waals surface area contributed by atoms with Gasteiger partial charge in [-0.1, -0.05) is 36.4 Å². The van der Waals surface area contributed by atoms with Gasteiger partial charge in [0.1, 0.15) is 24.1 Å². The standard InChI is InChI=1S/C27H22N4O4/c1-17-25(19-6-4-3-5-7-19)26(22(15-28)27(29)30-17)20-10-13-23(24(14-20)34-2)35-16-18-8-11-21(12-9-18)31(32)33/h3-14H,16H2,1-2H3,(H2,29,30). The van der Waals surface area contributed by atoms with Crippen molar-refractivity contribution in [3.05, 3.63) is 99.7 Å². The van der Waals surface area contributed by atoms with Crippen molar-refractivity contribution >= 4 is 11.5 Å². The predicted molar refractivity (Wildman–Crippen MR) is 133 cm³/mol. The molecule has 0 spiro atoms. The monoisotopic (exact) mass is 466 g/mol. The third-order valence-electron chi connectivity index (χ3n) is 5.57. The van der Waals surface area contributed by atoms with Crippen LogP contribution in [0, 0.1) is 28.4 Å². The quantitative estimate of drug-likeness (QED) is 0.275. The molecular weight excluding hydrogens is 444 g/mol. The number of methoxy groups -OCH3 is 1. The minimum Gasteiger partial charge on any atom is -0.493 e. The number of benzene rings is 3. The molecule has 174 valence electrons. The highest BCUT2D eigenvalue weighted by atomic mass is 16.6. The van der Waals surface area contributed by atoms with E-state index in [1.807, 2.05) is 43.3 Å². The third-order valence-corrected chi connectivity index (χ3v) is 5.57. The highest BCUT2D eigenvalue weighted by Gasteiger charge is 2.21. The van der Waals surface area contributed by atoms with Gasteiger partial charge >= 0.3 is 0 Å². The van der Waals surface area contributed by atoms with Crippen LogP contribution in [0.3, 0.4) is 0 Å². The van der Waals surface area contributed by atoms with Crippen molar-refractivity contribution in [2.24, 2.45) is 0 Å². The van der Waals surface area contributed by atoms with E-state index in [1.165, 1.54) is 19.2 Å². The molecule has 8 heteroatoms. The zero-order valence-electron chi connectivity index (χ0n) is 19.2. The second-order valence-electron chi connectivity index (χ2n) is 7.76. The predicted octanol–water partition coefficient (Wildman–Crippen LogP) is 5.67. The van der Waals surface area contributed by atoms with Gasteiger partial charge in [-0.2, -0.15) is 5.26 Å². The lowest BCUT2D eigenvalue weighted by atomic mass is 9.90. The second kappa shape index (κ2) is 9.93. The van der Waals surface area contributed by atoms with Gasteiger partial charge in [-0.15, -0.1) is 0 Å². The number of nitro benzene ring substituents is 1. The van der Waals surface area contributed by atoms with Crippen LogP contribution in [-0.4, -0.2) is 17.0 Å². The Balaban J connectivity index is 1.74. The molecule has 0 saturated carbocycles. The molecule has 3 aromatic carbocycles. The molecule has 0 amide bonds. The van der Waals surface area contributed by atoms with E-state index in [1.54, 1.807) is 24.3 Å².